The predicted molar refractivity (Wildman–Crippen MR) is 121 cm³/mol. The summed E-state index contributed by atoms with van der Waals surface area (Å²) >= 11 is 0. The number of nitrogens with zero attached hydrogens (tertiary/aromatic N) is 3. The maximum atomic E-state index is 12.5. The number of aromatic nitrogens is 2. The molecular weight excluding hydrogens is 468 g/mol. The van der Waals surface area contributed by atoms with Crippen molar-refractivity contribution in [2.45, 2.75) is 30.1 Å². The Balaban J connectivity index is 1.63. The lowest BCUT2D eigenvalue weighted by atomic mass is 10.2. The smallest absolute Gasteiger partial charge is 0.322 e. The summed E-state index contributed by atoms with van der Waals surface area (Å²) in [6.45, 7) is 4.18. The lowest BCUT2D eigenvalue weighted by Crippen LogP contribution is -2.30. The summed E-state index contributed by atoms with van der Waals surface area (Å²) in [7, 11) is -7.14. The van der Waals surface area contributed by atoms with Crippen LogP contribution < -0.4 is 5.32 Å². The molecule has 1 amide bonds. The van der Waals surface area contributed by atoms with Gasteiger partial charge in [-0.05, 0) is 36.4 Å². The Morgan fingerprint density at radius 3 is 2.15 bits per heavy atom. The van der Waals surface area contributed by atoms with Crippen molar-refractivity contribution in [1.82, 2.24) is 14.5 Å². The minimum atomic E-state index is -3.63. The molecule has 0 aliphatic rings. The minimum absolute atomic E-state index is 0.0159. The van der Waals surface area contributed by atoms with E-state index < -0.39 is 25.8 Å². The van der Waals surface area contributed by atoms with E-state index in [0.29, 0.717) is 13.1 Å². The standard InChI is InChI=1S/C21H24N4O6S2/c1-3-25(4-2)33(29,30)18-12-10-16(11-13-18)20(26)22-21-24-23-19(31-21)14-15-32(27,28)17-8-6-5-7-9-17/h5-13H,3-4,14-15H2,1-2H3,(H,22,24,26). The third-order valence-corrected chi connectivity index (χ3v) is 8.63. The fourth-order valence-corrected chi connectivity index (χ4v) is 5.74. The quantitative estimate of drug-likeness (QED) is 0.455. The highest BCUT2D eigenvalue weighted by Crippen LogP contribution is 2.18. The Hall–Kier alpha value is -3.09. The summed E-state index contributed by atoms with van der Waals surface area (Å²) in [5.41, 5.74) is 0.194. The zero-order chi connectivity index (χ0) is 24.1. The molecule has 1 aromatic heterocycles. The Morgan fingerprint density at radius 1 is 0.909 bits per heavy atom. The summed E-state index contributed by atoms with van der Waals surface area (Å²) < 4.78 is 56.4. The first-order chi connectivity index (χ1) is 15.7. The zero-order valence-corrected chi connectivity index (χ0v) is 19.8. The van der Waals surface area contributed by atoms with E-state index in [1.807, 2.05) is 0 Å². The average molecular weight is 493 g/mol. The van der Waals surface area contributed by atoms with Crippen molar-refractivity contribution in [1.29, 1.82) is 0 Å². The molecule has 0 aliphatic heterocycles. The zero-order valence-electron chi connectivity index (χ0n) is 18.1. The van der Waals surface area contributed by atoms with E-state index in [1.165, 1.54) is 40.7 Å². The maximum absolute atomic E-state index is 12.5. The number of nitrogens with one attached hydrogen (secondary N) is 1. The van der Waals surface area contributed by atoms with Gasteiger partial charge in [-0.15, -0.1) is 5.10 Å². The van der Waals surface area contributed by atoms with Gasteiger partial charge < -0.3 is 4.42 Å². The molecule has 12 heteroatoms. The first kappa shape index (κ1) is 24.6. The normalized spacial score (nSPS) is 12.1. The van der Waals surface area contributed by atoms with Crippen LogP contribution in [0.5, 0.6) is 0 Å². The highest BCUT2D eigenvalue weighted by molar-refractivity contribution is 7.91. The van der Waals surface area contributed by atoms with Gasteiger partial charge in [-0.3, -0.25) is 10.1 Å². The van der Waals surface area contributed by atoms with Crippen molar-refractivity contribution in [3.05, 3.63) is 66.1 Å². The van der Waals surface area contributed by atoms with Gasteiger partial charge in [-0.2, -0.15) is 4.31 Å². The van der Waals surface area contributed by atoms with Crippen LogP contribution in [0.1, 0.15) is 30.1 Å². The van der Waals surface area contributed by atoms with Gasteiger partial charge in [0.15, 0.2) is 9.84 Å². The molecule has 0 atom stereocenters. The van der Waals surface area contributed by atoms with Gasteiger partial charge in [-0.25, -0.2) is 16.8 Å². The Kier molecular flexibility index (Phi) is 7.61. The van der Waals surface area contributed by atoms with Gasteiger partial charge in [0.2, 0.25) is 15.9 Å². The predicted octanol–water partition coefficient (Wildman–Crippen LogP) is 2.37. The van der Waals surface area contributed by atoms with E-state index in [-0.39, 0.29) is 39.4 Å². The molecule has 0 spiro atoms. The molecule has 2 aromatic carbocycles. The van der Waals surface area contributed by atoms with Crippen LogP contribution in [0, 0.1) is 0 Å². The average Bonchev–Trinajstić information content (AvgIpc) is 3.26. The number of hydrogen-bond donors (Lipinski definition) is 1. The van der Waals surface area contributed by atoms with Crippen molar-refractivity contribution < 1.29 is 26.0 Å². The lowest BCUT2D eigenvalue weighted by molar-refractivity contribution is 0.102. The van der Waals surface area contributed by atoms with Crippen molar-refractivity contribution in [2.75, 3.05) is 24.2 Å². The van der Waals surface area contributed by atoms with Crippen LogP contribution in [0.3, 0.4) is 0 Å². The van der Waals surface area contributed by atoms with Crippen LogP contribution >= 0.6 is 0 Å². The molecule has 3 rings (SSSR count). The van der Waals surface area contributed by atoms with Crippen LogP contribution in [-0.2, 0) is 26.3 Å². The molecule has 176 valence electrons. The number of carbonyl (C=O) groups is 1. The van der Waals surface area contributed by atoms with Gasteiger partial charge in [0.25, 0.3) is 5.91 Å². The molecule has 10 nitrogen and oxygen atoms in total. The molecule has 33 heavy (non-hydrogen) atoms. The second-order valence-corrected chi connectivity index (χ2v) is 11.0. The summed E-state index contributed by atoms with van der Waals surface area (Å²) in [6.07, 6.45) is -0.0159. The molecule has 0 bridgehead atoms. The molecule has 1 heterocycles. The third kappa shape index (κ3) is 5.83. The number of aryl methyl sites for hydroxylation is 1. The molecule has 0 saturated carbocycles. The first-order valence-electron chi connectivity index (χ1n) is 10.2. The van der Waals surface area contributed by atoms with E-state index in [4.69, 9.17) is 4.42 Å². The van der Waals surface area contributed by atoms with Gasteiger partial charge in [0, 0.05) is 25.1 Å². The molecular formula is C21H24N4O6S2. The molecule has 0 saturated heterocycles. The largest absolute Gasteiger partial charge is 0.408 e. The molecule has 3 aromatic rings. The number of rotatable bonds is 10. The van der Waals surface area contributed by atoms with Gasteiger partial charge in [-0.1, -0.05) is 37.1 Å². The Morgan fingerprint density at radius 2 is 1.55 bits per heavy atom. The van der Waals surface area contributed by atoms with E-state index in [2.05, 4.69) is 15.5 Å². The topological polar surface area (TPSA) is 140 Å². The fraction of sp³-hybridized carbons (Fsp3) is 0.286. The summed E-state index contributed by atoms with van der Waals surface area (Å²) in [5.74, 6) is -0.742. The number of amides is 1. The van der Waals surface area contributed by atoms with Gasteiger partial charge in [0.05, 0.1) is 15.5 Å². The molecule has 0 unspecified atom stereocenters. The fourth-order valence-electron chi connectivity index (χ4n) is 3.03. The van der Waals surface area contributed by atoms with Crippen LogP contribution in [0.2, 0.25) is 0 Å². The third-order valence-electron chi connectivity index (χ3n) is 4.83. The Bertz CT molecular complexity index is 1300. The van der Waals surface area contributed by atoms with Crippen molar-refractivity contribution >= 4 is 31.8 Å². The summed E-state index contributed by atoms with van der Waals surface area (Å²) in [5, 5.41) is 9.90. The van der Waals surface area contributed by atoms with E-state index in [1.54, 1.807) is 32.0 Å². The molecule has 1 N–H and O–H groups in total. The molecule has 0 radical (unpaired) electrons. The van der Waals surface area contributed by atoms with Crippen LogP contribution in [0.25, 0.3) is 0 Å². The van der Waals surface area contributed by atoms with Gasteiger partial charge in [0.1, 0.15) is 0 Å². The SMILES string of the molecule is CCN(CC)S(=O)(=O)c1ccc(C(=O)Nc2nnc(CCS(=O)(=O)c3ccccc3)o2)cc1. The van der Waals surface area contributed by atoms with Crippen LogP contribution in [0.15, 0.2) is 68.8 Å². The second-order valence-electron chi connectivity index (χ2n) is 6.95. The van der Waals surface area contributed by atoms with E-state index in [9.17, 15) is 21.6 Å². The number of carbonyl (C=O) groups excluding carboxylic acids is 1. The van der Waals surface area contributed by atoms with Crippen molar-refractivity contribution in [3.8, 4) is 0 Å². The molecule has 0 aliphatic carbocycles. The minimum Gasteiger partial charge on any atom is -0.408 e. The van der Waals surface area contributed by atoms with E-state index in [0.717, 1.165) is 0 Å². The Labute approximate surface area is 192 Å². The van der Waals surface area contributed by atoms with Gasteiger partial charge >= 0.3 is 6.01 Å². The second kappa shape index (κ2) is 10.2. The number of anilines is 1. The number of hydrogen-bond acceptors (Lipinski definition) is 8. The van der Waals surface area contributed by atoms with E-state index >= 15 is 0 Å². The summed E-state index contributed by atoms with van der Waals surface area (Å²) in [6, 6.07) is 13.3. The molecule has 0 fully saturated rings. The van der Waals surface area contributed by atoms with Crippen molar-refractivity contribution in [3.63, 3.8) is 0 Å². The lowest BCUT2D eigenvalue weighted by Gasteiger charge is -2.18. The van der Waals surface area contributed by atoms with Crippen molar-refractivity contribution in [2.24, 2.45) is 0 Å². The first-order valence-corrected chi connectivity index (χ1v) is 13.3. The van der Waals surface area contributed by atoms with Crippen LogP contribution in [0.4, 0.5) is 6.01 Å². The maximum Gasteiger partial charge on any atom is 0.322 e. The monoisotopic (exact) mass is 492 g/mol. The summed E-state index contributed by atoms with van der Waals surface area (Å²) in [4.78, 5) is 12.7. The van der Waals surface area contributed by atoms with Crippen LogP contribution in [-0.4, -0.2) is 56.1 Å². The number of benzene rings is 2. The highest BCUT2D eigenvalue weighted by atomic mass is 32.2. The number of sulfonamides is 1. The number of sulfone groups is 1. The highest BCUT2D eigenvalue weighted by Gasteiger charge is 2.22.